The molecule has 0 aliphatic heterocycles. The summed E-state index contributed by atoms with van der Waals surface area (Å²) in [5.74, 6) is 2.99. The number of halogens is 1. The Kier molecular flexibility index (Phi) is 9.03. The molecule has 28 heavy (non-hydrogen) atoms. The van der Waals surface area contributed by atoms with Crippen LogP contribution in [0.5, 0.6) is 5.75 Å². The molecule has 0 amide bonds. The van der Waals surface area contributed by atoms with Gasteiger partial charge in [-0.1, -0.05) is 30.7 Å². The molecule has 0 spiro atoms. The van der Waals surface area contributed by atoms with Crippen molar-refractivity contribution in [2.45, 2.75) is 32.9 Å². The van der Waals surface area contributed by atoms with Gasteiger partial charge in [-0.15, -0.1) is 10.2 Å². The molecule has 1 atom stereocenters. The van der Waals surface area contributed by atoms with Gasteiger partial charge in [-0.05, 0) is 25.5 Å². The van der Waals surface area contributed by atoms with Crippen molar-refractivity contribution < 1.29 is 9.47 Å². The van der Waals surface area contributed by atoms with Crippen LogP contribution in [0.3, 0.4) is 0 Å². The van der Waals surface area contributed by atoms with Crippen molar-refractivity contribution in [3.8, 4) is 5.75 Å². The third-order valence-electron chi connectivity index (χ3n) is 4.24. The number of hydrogen-bond acceptors (Lipinski definition) is 5. The molecular formula is C19H29ClN6O2. The molecule has 2 rings (SSSR count). The van der Waals surface area contributed by atoms with Gasteiger partial charge in [0.2, 0.25) is 0 Å². The second-order valence-electron chi connectivity index (χ2n) is 6.27. The molecule has 1 unspecified atom stereocenters. The summed E-state index contributed by atoms with van der Waals surface area (Å²) in [5, 5.41) is 15.4. The molecular weight excluding hydrogens is 380 g/mol. The number of rotatable bonds is 10. The summed E-state index contributed by atoms with van der Waals surface area (Å²) in [5.41, 5.74) is 0. The minimum absolute atomic E-state index is 0.0496. The Bertz CT molecular complexity index is 765. The van der Waals surface area contributed by atoms with Gasteiger partial charge in [0.05, 0.1) is 18.2 Å². The predicted molar refractivity (Wildman–Crippen MR) is 111 cm³/mol. The lowest BCUT2D eigenvalue weighted by Gasteiger charge is -2.20. The number of nitrogens with one attached hydrogen (secondary N) is 2. The smallest absolute Gasteiger partial charge is 0.191 e. The monoisotopic (exact) mass is 408 g/mol. The van der Waals surface area contributed by atoms with E-state index >= 15 is 0 Å². The molecule has 0 saturated heterocycles. The SMILES string of the molecule is CCC(CNC(=NCc1nnc(C)n1C)NCCOC)Oc1ccccc1Cl. The molecule has 9 heteroatoms. The second-order valence-corrected chi connectivity index (χ2v) is 6.67. The topological polar surface area (TPSA) is 85.6 Å². The first-order chi connectivity index (χ1) is 13.5. The van der Waals surface area contributed by atoms with Gasteiger partial charge >= 0.3 is 0 Å². The van der Waals surface area contributed by atoms with Crippen LogP contribution in [0.1, 0.15) is 25.0 Å². The fourth-order valence-electron chi connectivity index (χ4n) is 2.38. The normalized spacial score (nSPS) is 12.7. The number of ether oxygens (including phenoxy) is 2. The van der Waals surface area contributed by atoms with E-state index in [1.807, 2.05) is 42.8 Å². The minimum atomic E-state index is -0.0496. The van der Waals surface area contributed by atoms with E-state index < -0.39 is 0 Å². The maximum absolute atomic E-state index is 6.20. The predicted octanol–water partition coefficient (Wildman–Crippen LogP) is 2.32. The van der Waals surface area contributed by atoms with Gasteiger partial charge in [0, 0.05) is 20.7 Å². The van der Waals surface area contributed by atoms with Crippen molar-refractivity contribution in [3.05, 3.63) is 40.9 Å². The van der Waals surface area contributed by atoms with Gasteiger partial charge in [-0.3, -0.25) is 0 Å². The fraction of sp³-hybridized carbons (Fsp3) is 0.526. The average Bonchev–Trinajstić information content (AvgIpc) is 3.02. The fourth-order valence-corrected chi connectivity index (χ4v) is 2.56. The number of aromatic nitrogens is 3. The first-order valence-corrected chi connectivity index (χ1v) is 9.70. The van der Waals surface area contributed by atoms with Crippen LogP contribution in [0.15, 0.2) is 29.3 Å². The zero-order valence-corrected chi connectivity index (χ0v) is 17.7. The highest BCUT2D eigenvalue weighted by Crippen LogP contribution is 2.24. The van der Waals surface area contributed by atoms with Gasteiger partial charge in [0.25, 0.3) is 0 Å². The molecule has 154 valence electrons. The first-order valence-electron chi connectivity index (χ1n) is 9.32. The molecule has 0 aliphatic carbocycles. The van der Waals surface area contributed by atoms with Crippen LogP contribution >= 0.6 is 11.6 Å². The third-order valence-corrected chi connectivity index (χ3v) is 4.56. The van der Waals surface area contributed by atoms with Gasteiger partial charge < -0.3 is 24.7 Å². The van der Waals surface area contributed by atoms with E-state index in [-0.39, 0.29) is 6.10 Å². The maximum Gasteiger partial charge on any atom is 0.191 e. The number of aryl methyl sites for hydroxylation is 1. The lowest BCUT2D eigenvalue weighted by atomic mass is 10.2. The van der Waals surface area contributed by atoms with Gasteiger partial charge in [0.15, 0.2) is 11.8 Å². The summed E-state index contributed by atoms with van der Waals surface area (Å²) in [6, 6.07) is 7.48. The van der Waals surface area contributed by atoms with E-state index in [0.29, 0.717) is 43.0 Å². The van der Waals surface area contributed by atoms with E-state index in [2.05, 4.69) is 32.7 Å². The lowest BCUT2D eigenvalue weighted by Crippen LogP contribution is -2.43. The molecule has 0 fully saturated rings. The zero-order chi connectivity index (χ0) is 20.4. The Morgan fingerprint density at radius 2 is 2.07 bits per heavy atom. The summed E-state index contributed by atoms with van der Waals surface area (Å²) in [6.45, 7) is 6.20. The van der Waals surface area contributed by atoms with Crippen molar-refractivity contribution in [2.24, 2.45) is 12.0 Å². The van der Waals surface area contributed by atoms with Crippen LogP contribution in [0, 0.1) is 6.92 Å². The standard InChI is InChI=1S/C19H29ClN6O2/c1-5-15(28-17-9-7-6-8-16(17)20)12-22-19(21-10-11-27-4)23-13-18-25-24-14(2)26(18)3/h6-9,15H,5,10-13H2,1-4H3,(H2,21,22,23). The number of nitrogens with zero attached hydrogens (tertiary/aromatic N) is 4. The minimum Gasteiger partial charge on any atom is -0.487 e. The number of hydrogen-bond donors (Lipinski definition) is 2. The zero-order valence-electron chi connectivity index (χ0n) is 16.9. The molecule has 0 saturated carbocycles. The number of para-hydroxylation sites is 1. The van der Waals surface area contributed by atoms with Crippen molar-refractivity contribution >= 4 is 17.6 Å². The Balaban J connectivity index is 1.98. The average molecular weight is 409 g/mol. The molecule has 0 radical (unpaired) electrons. The van der Waals surface area contributed by atoms with E-state index in [1.165, 1.54) is 0 Å². The quantitative estimate of drug-likeness (QED) is 0.356. The molecule has 8 nitrogen and oxygen atoms in total. The van der Waals surface area contributed by atoms with Crippen LogP contribution in [0.4, 0.5) is 0 Å². The summed E-state index contributed by atoms with van der Waals surface area (Å²) >= 11 is 6.20. The van der Waals surface area contributed by atoms with Crippen LogP contribution in [0.25, 0.3) is 0 Å². The van der Waals surface area contributed by atoms with Crippen molar-refractivity contribution in [3.63, 3.8) is 0 Å². The number of aliphatic imine (C=N–C) groups is 1. The number of benzene rings is 1. The molecule has 1 aromatic heterocycles. The summed E-state index contributed by atoms with van der Waals surface area (Å²) in [7, 11) is 3.59. The van der Waals surface area contributed by atoms with Crippen LogP contribution in [-0.4, -0.2) is 53.6 Å². The Labute approximate surface area is 171 Å². The Morgan fingerprint density at radius 3 is 2.71 bits per heavy atom. The van der Waals surface area contributed by atoms with E-state index in [4.69, 9.17) is 21.1 Å². The first kappa shape index (κ1) is 22.0. The van der Waals surface area contributed by atoms with E-state index in [0.717, 1.165) is 18.1 Å². The largest absolute Gasteiger partial charge is 0.487 e. The molecule has 0 aliphatic rings. The molecule has 2 aromatic rings. The van der Waals surface area contributed by atoms with Gasteiger partial charge in [-0.2, -0.15) is 0 Å². The third kappa shape index (κ3) is 6.69. The Hall–Kier alpha value is -2.32. The van der Waals surface area contributed by atoms with Crippen molar-refractivity contribution in [1.82, 2.24) is 25.4 Å². The highest BCUT2D eigenvalue weighted by Gasteiger charge is 2.12. The highest BCUT2D eigenvalue weighted by molar-refractivity contribution is 6.32. The summed E-state index contributed by atoms with van der Waals surface area (Å²) < 4.78 is 13.1. The van der Waals surface area contributed by atoms with Gasteiger partial charge in [-0.25, -0.2) is 4.99 Å². The van der Waals surface area contributed by atoms with Crippen LogP contribution in [0.2, 0.25) is 5.02 Å². The van der Waals surface area contributed by atoms with Crippen molar-refractivity contribution in [1.29, 1.82) is 0 Å². The highest BCUT2D eigenvalue weighted by atomic mass is 35.5. The Morgan fingerprint density at radius 1 is 1.29 bits per heavy atom. The molecule has 0 bridgehead atoms. The summed E-state index contributed by atoms with van der Waals surface area (Å²) in [4.78, 5) is 4.60. The summed E-state index contributed by atoms with van der Waals surface area (Å²) in [6.07, 6.45) is 0.776. The van der Waals surface area contributed by atoms with Crippen LogP contribution in [-0.2, 0) is 18.3 Å². The van der Waals surface area contributed by atoms with E-state index in [1.54, 1.807) is 7.11 Å². The lowest BCUT2D eigenvalue weighted by molar-refractivity contribution is 0.197. The number of methoxy groups -OCH3 is 1. The second kappa shape index (κ2) is 11.5. The maximum atomic E-state index is 6.20. The van der Waals surface area contributed by atoms with Crippen molar-refractivity contribution in [2.75, 3.05) is 26.8 Å². The molecule has 2 N–H and O–H groups in total. The number of guanidine groups is 1. The van der Waals surface area contributed by atoms with Gasteiger partial charge in [0.1, 0.15) is 24.2 Å². The molecule has 1 heterocycles. The van der Waals surface area contributed by atoms with Crippen LogP contribution < -0.4 is 15.4 Å². The molecule has 1 aromatic carbocycles. The van der Waals surface area contributed by atoms with E-state index in [9.17, 15) is 0 Å².